The molecule has 1 fully saturated rings. The van der Waals surface area contributed by atoms with Crippen molar-refractivity contribution in [2.24, 2.45) is 5.92 Å². The summed E-state index contributed by atoms with van der Waals surface area (Å²) < 4.78 is 0. The van der Waals surface area contributed by atoms with Crippen LogP contribution in [0.3, 0.4) is 0 Å². The van der Waals surface area contributed by atoms with Crippen molar-refractivity contribution < 1.29 is 5.11 Å². The minimum atomic E-state index is 0.296. The molecule has 100 valence electrons. The monoisotopic (exact) mass is 248 g/mol. The molecule has 18 heavy (non-hydrogen) atoms. The van der Waals surface area contributed by atoms with Crippen molar-refractivity contribution >= 4 is 0 Å². The molecule has 1 heterocycles. The van der Waals surface area contributed by atoms with Gasteiger partial charge in [-0.15, -0.1) is 0 Å². The van der Waals surface area contributed by atoms with Gasteiger partial charge in [-0.1, -0.05) is 30.3 Å². The number of benzene rings is 1. The van der Waals surface area contributed by atoms with Crippen molar-refractivity contribution in [1.29, 1.82) is 0 Å². The average Bonchev–Trinajstić information content (AvgIpc) is 2.62. The fourth-order valence-corrected chi connectivity index (χ4v) is 2.82. The summed E-state index contributed by atoms with van der Waals surface area (Å²) in [6.07, 6.45) is 2.20. The number of rotatable bonds is 4. The number of hydrogen-bond donors (Lipinski definition) is 2. The molecule has 0 aliphatic carbocycles. The molecule has 0 bridgehead atoms. The van der Waals surface area contributed by atoms with Crippen LogP contribution in [0, 0.1) is 5.92 Å². The molecule has 2 unspecified atom stereocenters. The number of nitrogens with one attached hydrogen (secondary N) is 1. The SMILES string of the molecule is CNC1CCN(Cc2ccccc2)CCC1CO. The van der Waals surface area contributed by atoms with Crippen LogP contribution in [0.4, 0.5) is 0 Å². The van der Waals surface area contributed by atoms with Crippen LogP contribution in [0.15, 0.2) is 30.3 Å². The molecule has 1 aliphatic rings. The van der Waals surface area contributed by atoms with Gasteiger partial charge in [-0.2, -0.15) is 0 Å². The van der Waals surface area contributed by atoms with Crippen LogP contribution in [-0.4, -0.2) is 42.8 Å². The lowest BCUT2D eigenvalue weighted by Crippen LogP contribution is -2.35. The van der Waals surface area contributed by atoms with E-state index in [1.807, 2.05) is 7.05 Å². The smallest absolute Gasteiger partial charge is 0.0474 e. The molecular weight excluding hydrogens is 224 g/mol. The highest BCUT2D eigenvalue weighted by Gasteiger charge is 2.24. The van der Waals surface area contributed by atoms with Gasteiger partial charge in [0.25, 0.3) is 0 Å². The Hall–Kier alpha value is -0.900. The second-order valence-corrected chi connectivity index (χ2v) is 5.18. The maximum Gasteiger partial charge on any atom is 0.0474 e. The molecule has 0 radical (unpaired) electrons. The predicted octanol–water partition coefficient (Wildman–Crippen LogP) is 1.48. The largest absolute Gasteiger partial charge is 0.396 e. The van der Waals surface area contributed by atoms with E-state index in [0.29, 0.717) is 18.6 Å². The third-order valence-corrected chi connectivity index (χ3v) is 4.00. The van der Waals surface area contributed by atoms with Crippen molar-refractivity contribution in [2.45, 2.75) is 25.4 Å². The lowest BCUT2D eigenvalue weighted by molar-refractivity contribution is 0.186. The Bertz CT molecular complexity index is 328. The Morgan fingerprint density at radius 2 is 1.94 bits per heavy atom. The first kappa shape index (κ1) is 13.5. The topological polar surface area (TPSA) is 35.5 Å². The molecule has 1 aliphatic heterocycles. The van der Waals surface area contributed by atoms with Crippen molar-refractivity contribution in [3.8, 4) is 0 Å². The number of likely N-dealkylation sites (tertiary alicyclic amines) is 1. The molecular formula is C15H24N2O. The van der Waals surface area contributed by atoms with Crippen LogP contribution < -0.4 is 5.32 Å². The molecule has 0 spiro atoms. The highest BCUT2D eigenvalue weighted by atomic mass is 16.3. The summed E-state index contributed by atoms with van der Waals surface area (Å²) in [6, 6.07) is 11.1. The van der Waals surface area contributed by atoms with Gasteiger partial charge in [-0.05, 0) is 44.5 Å². The van der Waals surface area contributed by atoms with E-state index < -0.39 is 0 Å². The molecule has 2 rings (SSSR count). The third-order valence-electron chi connectivity index (χ3n) is 4.00. The standard InChI is InChI=1S/C15H24N2O/c1-16-15-8-10-17(9-7-14(15)12-18)11-13-5-3-2-4-6-13/h2-6,14-16,18H,7-12H2,1H3. The zero-order chi connectivity index (χ0) is 12.8. The van der Waals surface area contributed by atoms with Crippen LogP contribution >= 0.6 is 0 Å². The zero-order valence-electron chi connectivity index (χ0n) is 11.2. The van der Waals surface area contributed by atoms with E-state index in [0.717, 1.165) is 32.5 Å². The lowest BCUT2D eigenvalue weighted by atomic mass is 9.96. The number of aliphatic hydroxyl groups excluding tert-OH is 1. The fraction of sp³-hybridized carbons (Fsp3) is 0.600. The first-order valence-corrected chi connectivity index (χ1v) is 6.88. The van der Waals surface area contributed by atoms with Gasteiger partial charge >= 0.3 is 0 Å². The fourth-order valence-electron chi connectivity index (χ4n) is 2.82. The van der Waals surface area contributed by atoms with Crippen molar-refractivity contribution in [3.63, 3.8) is 0 Å². The summed E-state index contributed by atoms with van der Waals surface area (Å²) in [6.45, 7) is 3.51. The van der Waals surface area contributed by atoms with Gasteiger partial charge in [0.1, 0.15) is 0 Å². The van der Waals surface area contributed by atoms with Gasteiger partial charge in [0.2, 0.25) is 0 Å². The quantitative estimate of drug-likeness (QED) is 0.847. The Kier molecular flexibility index (Phi) is 5.17. The zero-order valence-corrected chi connectivity index (χ0v) is 11.2. The summed E-state index contributed by atoms with van der Waals surface area (Å²) in [7, 11) is 2.00. The van der Waals surface area contributed by atoms with Crippen LogP contribution in [0.25, 0.3) is 0 Å². The molecule has 0 amide bonds. The highest BCUT2D eigenvalue weighted by molar-refractivity contribution is 5.14. The van der Waals surface area contributed by atoms with Crippen molar-refractivity contribution in [2.75, 3.05) is 26.7 Å². The van der Waals surface area contributed by atoms with E-state index in [9.17, 15) is 5.11 Å². The Morgan fingerprint density at radius 3 is 2.61 bits per heavy atom. The molecule has 3 heteroatoms. The second-order valence-electron chi connectivity index (χ2n) is 5.18. The van der Waals surface area contributed by atoms with Gasteiger partial charge in [0.05, 0.1) is 0 Å². The number of hydrogen-bond acceptors (Lipinski definition) is 3. The van der Waals surface area contributed by atoms with Crippen LogP contribution in [0.5, 0.6) is 0 Å². The maximum atomic E-state index is 9.44. The molecule has 2 N–H and O–H groups in total. The molecule has 0 aromatic heterocycles. The predicted molar refractivity (Wildman–Crippen MR) is 74.4 cm³/mol. The highest BCUT2D eigenvalue weighted by Crippen LogP contribution is 2.19. The van der Waals surface area contributed by atoms with Gasteiger partial charge in [0.15, 0.2) is 0 Å². The summed E-state index contributed by atoms with van der Waals surface area (Å²) in [5, 5.41) is 12.8. The van der Waals surface area contributed by atoms with Crippen LogP contribution in [0.1, 0.15) is 18.4 Å². The maximum absolute atomic E-state index is 9.44. The Labute approximate surface area is 110 Å². The molecule has 3 nitrogen and oxygen atoms in total. The van der Waals surface area contributed by atoms with E-state index in [1.54, 1.807) is 0 Å². The summed E-state index contributed by atoms with van der Waals surface area (Å²) in [5.74, 6) is 0.399. The van der Waals surface area contributed by atoms with Crippen molar-refractivity contribution in [3.05, 3.63) is 35.9 Å². The van der Waals surface area contributed by atoms with Gasteiger partial charge in [-0.25, -0.2) is 0 Å². The van der Waals surface area contributed by atoms with Crippen LogP contribution in [0.2, 0.25) is 0 Å². The van der Waals surface area contributed by atoms with Gasteiger partial charge < -0.3 is 10.4 Å². The molecule has 0 saturated carbocycles. The first-order chi connectivity index (χ1) is 8.83. The van der Waals surface area contributed by atoms with E-state index in [4.69, 9.17) is 0 Å². The average molecular weight is 248 g/mol. The minimum absolute atomic E-state index is 0.296. The Balaban J connectivity index is 1.92. The summed E-state index contributed by atoms with van der Waals surface area (Å²) in [4.78, 5) is 2.50. The number of nitrogens with zero attached hydrogens (tertiary/aromatic N) is 1. The lowest BCUT2D eigenvalue weighted by Gasteiger charge is -2.21. The van der Waals surface area contributed by atoms with Gasteiger partial charge in [0, 0.05) is 19.2 Å². The summed E-state index contributed by atoms with van der Waals surface area (Å²) >= 11 is 0. The third kappa shape index (κ3) is 3.55. The van der Waals surface area contributed by atoms with E-state index in [2.05, 4.69) is 40.5 Å². The normalized spacial score (nSPS) is 25.9. The van der Waals surface area contributed by atoms with Gasteiger partial charge in [-0.3, -0.25) is 4.90 Å². The van der Waals surface area contributed by atoms with Crippen molar-refractivity contribution in [1.82, 2.24) is 10.2 Å². The second kappa shape index (κ2) is 6.88. The number of aliphatic hydroxyl groups is 1. The Morgan fingerprint density at radius 1 is 1.22 bits per heavy atom. The molecule has 2 atom stereocenters. The first-order valence-electron chi connectivity index (χ1n) is 6.88. The van der Waals surface area contributed by atoms with E-state index in [-0.39, 0.29) is 0 Å². The molecule has 1 saturated heterocycles. The van der Waals surface area contributed by atoms with Crippen LogP contribution in [-0.2, 0) is 6.54 Å². The molecule has 1 aromatic rings. The minimum Gasteiger partial charge on any atom is -0.396 e. The molecule has 1 aromatic carbocycles. The summed E-state index contributed by atoms with van der Waals surface area (Å²) in [5.41, 5.74) is 1.38. The van der Waals surface area contributed by atoms with E-state index in [1.165, 1.54) is 5.56 Å². The van der Waals surface area contributed by atoms with E-state index >= 15 is 0 Å².